The molecule has 0 aliphatic heterocycles. The van der Waals surface area contributed by atoms with Gasteiger partial charge in [-0.05, 0) is 30.7 Å². The van der Waals surface area contributed by atoms with Gasteiger partial charge in [0.05, 0.1) is 0 Å². The third-order valence-corrected chi connectivity index (χ3v) is 3.91. The molecule has 0 unspecified atom stereocenters. The van der Waals surface area contributed by atoms with Crippen molar-refractivity contribution in [2.24, 2.45) is 0 Å². The van der Waals surface area contributed by atoms with Crippen LogP contribution in [-0.4, -0.2) is 10.1 Å². The summed E-state index contributed by atoms with van der Waals surface area (Å²) in [5, 5.41) is 14.3. The molecule has 0 amide bonds. The van der Waals surface area contributed by atoms with E-state index in [1.54, 1.807) is 24.3 Å². The van der Waals surface area contributed by atoms with E-state index in [4.69, 9.17) is 27.7 Å². The fourth-order valence-corrected chi connectivity index (χ4v) is 2.53. The summed E-state index contributed by atoms with van der Waals surface area (Å²) in [6.07, 6.45) is 1.59. The van der Waals surface area contributed by atoms with Gasteiger partial charge in [0.2, 0.25) is 5.82 Å². The zero-order valence-electron chi connectivity index (χ0n) is 12.6. The largest absolute Gasteiger partial charge is 0.333 e. The van der Waals surface area contributed by atoms with Crippen molar-refractivity contribution in [1.29, 1.82) is 5.26 Å². The number of nitriles is 1. The number of halogens is 2. The first kappa shape index (κ1) is 16.3. The molecule has 1 heterocycles. The number of aryl methyl sites for hydroxylation is 1. The Bertz CT molecular complexity index is 953. The van der Waals surface area contributed by atoms with Crippen molar-refractivity contribution in [3.8, 4) is 17.5 Å². The molecule has 6 heteroatoms. The molecule has 118 valence electrons. The molecule has 0 spiro atoms. The van der Waals surface area contributed by atoms with Gasteiger partial charge < -0.3 is 4.52 Å². The second kappa shape index (κ2) is 6.88. The zero-order valence-corrected chi connectivity index (χ0v) is 14.1. The van der Waals surface area contributed by atoms with Crippen LogP contribution < -0.4 is 0 Å². The summed E-state index contributed by atoms with van der Waals surface area (Å²) in [5.41, 5.74) is 2.83. The average Bonchev–Trinajstić information content (AvgIpc) is 3.05. The summed E-state index contributed by atoms with van der Waals surface area (Å²) in [4.78, 5) is 4.29. The lowest BCUT2D eigenvalue weighted by Gasteiger charge is -1.99. The molecular weight excluding hydrogens is 345 g/mol. The first-order valence-electron chi connectivity index (χ1n) is 7.05. The summed E-state index contributed by atoms with van der Waals surface area (Å²) < 4.78 is 5.22. The highest BCUT2D eigenvalue weighted by molar-refractivity contribution is 6.35. The molecule has 0 fully saturated rings. The normalized spacial score (nSPS) is 11.3. The molecule has 3 aromatic rings. The lowest BCUT2D eigenvalue weighted by molar-refractivity contribution is 0.409. The molecule has 4 nitrogen and oxygen atoms in total. The second-order valence-electron chi connectivity index (χ2n) is 5.12. The molecule has 0 radical (unpaired) electrons. The van der Waals surface area contributed by atoms with Crippen LogP contribution in [-0.2, 0) is 0 Å². The van der Waals surface area contributed by atoms with E-state index in [0.29, 0.717) is 21.4 Å². The molecule has 0 bridgehead atoms. The molecular formula is C18H11Cl2N3O. The van der Waals surface area contributed by atoms with Crippen molar-refractivity contribution in [3.63, 3.8) is 0 Å². The minimum absolute atomic E-state index is 0.138. The number of benzene rings is 2. The third kappa shape index (κ3) is 3.48. The molecule has 1 aromatic heterocycles. The number of nitrogens with zero attached hydrogens (tertiary/aromatic N) is 3. The first-order chi connectivity index (χ1) is 11.6. The monoisotopic (exact) mass is 355 g/mol. The number of hydrogen-bond donors (Lipinski definition) is 0. The molecule has 0 aliphatic carbocycles. The van der Waals surface area contributed by atoms with Crippen molar-refractivity contribution in [3.05, 3.63) is 69.5 Å². The van der Waals surface area contributed by atoms with E-state index in [-0.39, 0.29) is 11.5 Å². The van der Waals surface area contributed by atoms with Gasteiger partial charge in [0, 0.05) is 15.6 Å². The smallest absolute Gasteiger partial charge is 0.268 e. The van der Waals surface area contributed by atoms with Crippen molar-refractivity contribution in [1.82, 2.24) is 10.1 Å². The van der Waals surface area contributed by atoms with Gasteiger partial charge in [-0.25, -0.2) is 0 Å². The zero-order chi connectivity index (χ0) is 17.1. The Labute approximate surface area is 148 Å². The van der Waals surface area contributed by atoms with Gasteiger partial charge in [-0.3, -0.25) is 0 Å². The van der Waals surface area contributed by atoms with Crippen LogP contribution in [0.15, 0.2) is 47.0 Å². The van der Waals surface area contributed by atoms with Gasteiger partial charge in [-0.2, -0.15) is 10.2 Å². The van der Waals surface area contributed by atoms with Crippen LogP contribution in [0.2, 0.25) is 10.0 Å². The highest BCUT2D eigenvalue weighted by Crippen LogP contribution is 2.26. The Hall–Kier alpha value is -2.61. The fraction of sp³-hybridized carbons (Fsp3) is 0.0556. The van der Waals surface area contributed by atoms with Crippen LogP contribution >= 0.6 is 23.2 Å². The maximum atomic E-state index is 9.39. The van der Waals surface area contributed by atoms with Crippen LogP contribution in [0.4, 0.5) is 0 Å². The van der Waals surface area contributed by atoms with Gasteiger partial charge >= 0.3 is 0 Å². The fourth-order valence-electron chi connectivity index (χ4n) is 2.07. The summed E-state index contributed by atoms with van der Waals surface area (Å²) in [6, 6.07) is 14.8. The van der Waals surface area contributed by atoms with E-state index in [1.807, 2.05) is 31.2 Å². The molecule has 3 rings (SSSR count). The van der Waals surface area contributed by atoms with Gasteiger partial charge in [0.15, 0.2) is 0 Å². The number of allylic oxidation sites excluding steroid dienone is 1. The molecule has 2 aromatic carbocycles. The highest BCUT2D eigenvalue weighted by Gasteiger charge is 2.13. The molecule has 0 saturated carbocycles. The quantitative estimate of drug-likeness (QED) is 0.588. The van der Waals surface area contributed by atoms with E-state index >= 15 is 0 Å². The number of rotatable bonds is 3. The summed E-state index contributed by atoms with van der Waals surface area (Å²) in [5.74, 6) is 0.562. The molecule has 0 aliphatic rings. The van der Waals surface area contributed by atoms with Crippen molar-refractivity contribution >= 4 is 34.9 Å². The number of aromatic nitrogens is 2. The van der Waals surface area contributed by atoms with Crippen LogP contribution in [0.1, 0.15) is 17.0 Å². The third-order valence-electron chi connectivity index (χ3n) is 3.35. The maximum Gasteiger partial charge on any atom is 0.268 e. The minimum Gasteiger partial charge on any atom is -0.333 e. The molecule has 0 saturated heterocycles. The molecule has 24 heavy (non-hydrogen) atoms. The maximum absolute atomic E-state index is 9.39. The van der Waals surface area contributed by atoms with Crippen molar-refractivity contribution in [2.45, 2.75) is 6.92 Å². The standard InChI is InChI=1S/C18H11Cl2N3O/c1-11-2-4-12(5-3-11)17-22-18(24-23-17)14(10-21)8-13-6-7-15(19)9-16(13)20/h2-9H,1H3/b14-8+. The Kier molecular flexibility index (Phi) is 4.66. The lowest BCUT2D eigenvalue weighted by atomic mass is 10.1. The van der Waals surface area contributed by atoms with Gasteiger partial charge in [-0.15, -0.1) is 0 Å². The Morgan fingerprint density at radius 3 is 2.58 bits per heavy atom. The summed E-state index contributed by atoms with van der Waals surface area (Å²) >= 11 is 12.0. The second-order valence-corrected chi connectivity index (χ2v) is 5.97. The summed E-state index contributed by atoms with van der Waals surface area (Å²) in [6.45, 7) is 2.00. The van der Waals surface area contributed by atoms with Gasteiger partial charge in [-0.1, -0.05) is 64.3 Å². The average molecular weight is 356 g/mol. The number of hydrogen-bond acceptors (Lipinski definition) is 4. The van der Waals surface area contributed by atoms with Crippen molar-refractivity contribution in [2.75, 3.05) is 0 Å². The van der Waals surface area contributed by atoms with E-state index in [9.17, 15) is 5.26 Å². The predicted molar refractivity (Wildman–Crippen MR) is 94.4 cm³/mol. The first-order valence-corrected chi connectivity index (χ1v) is 7.80. The van der Waals surface area contributed by atoms with E-state index in [2.05, 4.69) is 16.2 Å². The predicted octanol–water partition coefficient (Wildman–Crippen LogP) is 5.42. The molecule has 0 atom stereocenters. The van der Waals surface area contributed by atoms with Gasteiger partial charge in [0.1, 0.15) is 11.6 Å². The lowest BCUT2D eigenvalue weighted by Crippen LogP contribution is -1.85. The van der Waals surface area contributed by atoms with Crippen molar-refractivity contribution < 1.29 is 4.52 Å². The summed E-state index contributed by atoms with van der Waals surface area (Å²) in [7, 11) is 0. The van der Waals surface area contributed by atoms with E-state index in [1.165, 1.54) is 0 Å². The van der Waals surface area contributed by atoms with E-state index in [0.717, 1.165) is 11.1 Å². The van der Waals surface area contributed by atoms with Crippen LogP contribution in [0.3, 0.4) is 0 Å². The Morgan fingerprint density at radius 2 is 1.92 bits per heavy atom. The van der Waals surface area contributed by atoms with Crippen LogP contribution in [0.25, 0.3) is 23.0 Å². The van der Waals surface area contributed by atoms with Crippen LogP contribution in [0, 0.1) is 18.3 Å². The topological polar surface area (TPSA) is 62.7 Å². The highest BCUT2D eigenvalue weighted by atomic mass is 35.5. The Morgan fingerprint density at radius 1 is 1.17 bits per heavy atom. The Balaban J connectivity index is 1.96. The van der Waals surface area contributed by atoms with Crippen LogP contribution in [0.5, 0.6) is 0 Å². The SMILES string of the molecule is Cc1ccc(-c2noc(/C(C#N)=C/c3ccc(Cl)cc3Cl)n2)cc1. The molecule has 0 N–H and O–H groups in total. The minimum atomic E-state index is 0.138. The van der Waals surface area contributed by atoms with Gasteiger partial charge in [0.25, 0.3) is 5.89 Å². The van der Waals surface area contributed by atoms with E-state index < -0.39 is 0 Å².